The van der Waals surface area contributed by atoms with Gasteiger partial charge in [0.05, 0.1) is 0 Å². The van der Waals surface area contributed by atoms with Gasteiger partial charge in [-0.1, -0.05) is 115 Å². The summed E-state index contributed by atoms with van der Waals surface area (Å²) in [4.78, 5) is 0. The summed E-state index contributed by atoms with van der Waals surface area (Å²) < 4.78 is 0. The average Bonchev–Trinajstić information content (AvgIpc) is 3.27. The van der Waals surface area contributed by atoms with Crippen molar-refractivity contribution in [2.24, 2.45) is 0 Å². The maximum atomic E-state index is 2.41. The van der Waals surface area contributed by atoms with Crippen LogP contribution in [0.2, 0.25) is 0 Å². The average molecular weight is 457 g/mol. The van der Waals surface area contributed by atoms with Gasteiger partial charge in [-0.05, 0) is 95.9 Å². The van der Waals surface area contributed by atoms with Crippen LogP contribution in [0.4, 0.5) is 0 Å². The van der Waals surface area contributed by atoms with Crippen molar-refractivity contribution in [1.82, 2.24) is 0 Å². The first-order chi connectivity index (χ1) is 17.7. The van der Waals surface area contributed by atoms with Crippen molar-refractivity contribution in [2.75, 3.05) is 0 Å². The van der Waals surface area contributed by atoms with Crippen molar-refractivity contribution in [3.05, 3.63) is 120 Å². The lowest BCUT2D eigenvalue weighted by molar-refractivity contribution is 1.46. The Labute approximate surface area is 210 Å². The third-order valence-electron chi connectivity index (χ3n) is 8.12. The quantitative estimate of drug-likeness (QED) is 0.216. The second-order valence-corrected chi connectivity index (χ2v) is 10.2. The number of aryl methyl sites for hydroxylation is 2. The van der Waals surface area contributed by atoms with Crippen molar-refractivity contribution >= 4 is 43.1 Å². The van der Waals surface area contributed by atoms with Gasteiger partial charge in [-0.3, -0.25) is 0 Å². The second-order valence-electron chi connectivity index (χ2n) is 10.2. The van der Waals surface area contributed by atoms with E-state index in [1.54, 1.807) is 0 Å². The predicted molar refractivity (Wildman–Crippen MR) is 156 cm³/mol. The van der Waals surface area contributed by atoms with Crippen molar-refractivity contribution in [3.63, 3.8) is 0 Å². The largest absolute Gasteiger partial charge is 0.0616 e. The molecule has 168 valence electrons. The van der Waals surface area contributed by atoms with E-state index in [0.29, 0.717) is 0 Å². The standard InChI is InChI=1S/C36H24/c1-21-9-7-11-24(19-21)31-20-22(2)32-34-28(31)15-8-16-30(34)36-33-25-12-4-3-10-23(25)17-18-29(33)26-13-5-6-14-27(26)35(32)36/h3-20H,1-2H3. The summed E-state index contributed by atoms with van der Waals surface area (Å²) in [6, 6.07) is 40.6. The highest BCUT2D eigenvalue weighted by Crippen LogP contribution is 2.56. The highest BCUT2D eigenvalue weighted by atomic mass is 14.3. The molecule has 7 aromatic carbocycles. The fourth-order valence-electron chi connectivity index (χ4n) is 6.68. The molecule has 0 saturated carbocycles. The van der Waals surface area contributed by atoms with Gasteiger partial charge in [-0.15, -0.1) is 0 Å². The lowest BCUT2D eigenvalue weighted by atomic mass is 9.87. The fraction of sp³-hybridized carbons (Fsp3) is 0.0556. The van der Waals surface area contributed by atoms with E-state index in [1.165, 1.54) is 87.6 Å². The van der Waals surface area contributed by atoms with Crippen LogP contribution >= 0.6 is 0 Å². The van der Waals surface area contributed by atoms with Crippen LogP contribution in [0.15, 0.2) is 109 Å². The molecule has 0 spiro atoms. The summed E-state index contributed by atoms with van der Waals surface area (Å²) in [5, 5.41) is 10.8. The van der Waals surface area contributed by atoms with Gasteiger partial charge in [0.2, 0.25) is 0 Å². The number of benzene rings is 7. The van der Waals surface area contributed by atoms with E-state index in [4.69, 9.17) is 0 Å². The molecular formula is C36H24. The topological polar surface area (TPSA) is 0 Å². The first kappa shape index (κ1) is 19.8. The molecule has 7 aromatic rings. The summed E-state index contributed by atoms with van der Waals surface area (Å²) in [7, 11) is 0. The minimum absolute atomic E-state index is 1.29. The van der Waals surface area contributed by atoms with E-state index in [-0.39, 0.29) is 0 Å². The summed E-state index contributed by atoms with van der Waals surface area (Å²) in [6.45, 7) is 4.47. The SMILES string of the molecule is Cc1cccc(-c2cc(C)c3c4c(cccc24)-c2c-3c3ccccc3c3ccc4ccccc4c23)c1. The Morgan fingerprint density at radius 3 is 2.03 bits per heavy atom. The lowest BCUT2D eigenvalue weighted by Crippen LogP contribution is -1.89. The van der Waals surface area contributed by atoms with Crippen LogP contribution in [-0.2, 0) is 0 Å². The zero-order valence-electron chi connectivity index (χ0n) is 20.4. The monoisotopic (exact) mass is 456 g/mol. The molecule has 0 heterocycles. The van der Waals surface area contributed by atoms with E-state index < -0.39 is 0 Å². The van der Waals surface area contributed by atoms with Crippen LogP contribution < -0.4 is 0 Å². The Bertz CT molecular complexity index is 2060. The van der Waals surface area contributed by atoms with Gasteiger partial charge < -0.3 is 0 Å². The third-order valence-corrected chi connectivity index (χ3v) is 8.12. The number of hydrogen-bond donors (Lipinski definition) is 0. The van der Waals surface area contributed by atoms with Crippen LogP contribution in [0.1, 0.15) is 11.1 Å². The van der Waals surface area contributed by atoms with Gasteiger partial charge in [0.1, 0.15) is 0 Å². The summed E-state index contributed by atoms with van der Waals surface area (Å²) in [5.41, 5.74) is 10.8. The van der Waals surface area contributed by atoms with Crippen LogP contribution in [0.5, 0.6) is 0 Å². The van der Waals surface area contributed by atoms with Gasteiger partial charge in [0.25, 0.3) is 0 Å². The smallest absolute Gasteiger partial charge is 0.000731 e. The zero-order chi connectivity index (χ0) is 24.0. The highest BCUT2D eigenvalue weighted by molar-refractivity contribution is 6.35. The highest BCUT2D eigenvalue weighted by Gasteiger charge is 2.29. The van der Waals surface area contributed by atoms with Crippen molar-refractivity contribution in [2.45, 2.75) is 13.8 Å². The third kappa shape index (κ3) is 2.49. The number of hydrogen-bond acceptors (Lipinski definition) is 0. The molecule has 0 fully saturated rings. The van der Waals surface area contributed by atoms with Crippen LogP contribution in [0.25, 0.3) is 76.5 Å². The van der Waals surface area contributed by atoms with E-state index in [2.05, 4.69) is 123 Å². The molecule has 0 N–H and O–H groups in total. The van der Waals surface area contributed by atoms with Gasteiger partial charge >= 0.3 is 0 Å². The molecule has 0 saturated heterocycles. The molecule has 0 aliphatic heterocycles. The van der Waals surface area contributed by atoms with Crippen molar-refractivity contribution in [1.29, 1.82) is 0 Å². The normalized spacial score (nSPS) is 12.2. The van der Waals surface area contributed by atoms with E-state index >= 15 is 0 Å². The molecule has 36 heavy (non-hydrogen) atoms. The molecule has 0 aromatic heterocycles. The summed E-state index contributed by atoms with van der Waals surface area (Å²) in [6.07, 6.45) is 0. The fourth-order valence-corrected chi connectivity index (χ4v) is 6.68. The molecule has 1 aliphatic rings. The second kappa shape index (κ2) is 7.06. The summed E-state index contributed by atoms with van der Waals surface area (Å²) >= 11 is 0. The Balaban J connectivity index is 1.63. The number of rotatable bonds is 1. The Kier molecular flexibility index (Phi) is 3.89. The predicted octanol–water partition coefficient (Wildman–Crippen LogP) is 10.2. The van der Waals surface area contributed by atoms with Crippen LogP contribution in [0.3, 0.4) is 0 Å². The number of fused-ring (bicyclic) bond motifs is 10. The molecule has 0 amide bonds. The maximum absolute atomic E-state index is 2.41. The first-order valence-corrected chi connectivity index (χ1v) is 12.7. The van der Waals surface area contributed by atoms with Gasteiger partial charge in [-0.2, -0.15) is 0 Å². The van der Waals surface area contributed by atoms with E-state index in [1.807, 2.05) is 0 Å². The Hall–Kier alpha value is -4.42. The van der Waals surface area contributed by atoms with Crippen molar-refractivity contribution < 1.29 is 0 Å². The molecule has 1 aliphatic carbocycles. The van der Waals surface area contributed by atoms with Gasteiger partial charge in [-0.25, -0.2) is 0 Å². The first-order valence-electron chi connectivity index (χ1n) is 12.7. The Morgan fingerprint density at radius 2 is 1.17 bits per heavy atom. The minimum atomic E-state index is 1.29. The van der Waals surface area contributed by atoms with Gasteiger partial charge in [0, 0.05) is 0 Å². The van der Waals surface area contributed by atoms with Crippen LogP contribution in [-0.4, -0.2) is 0 Å². The molecule has 0 atom stereocenters. The molecule has 0 heteroatoms. The van der Waals surface area contributed by atoms with Gasteiger partial charge in [0.15, 0.2) is 0 Å². The molecule has 8 rings (SSSR count). The van der Waals surface area contributed by atoms with Crippen LogP contribution in [0, 0.1) is 13.8 Å². The Morgan fingerprint density at radius 1 is 0.417 bits per heavy atom. The lowest BCUT2D eigenvalue weighted by Gasteiger charge is -2.16. The van der Waals surface area contributed by atoms with E-state index in [0.717, 1.165) is 0 Å². The maximum Gasteiger partial charge on any atom is -0.000731 e. The minimum Gasteiger partial charge on any atom is -0.0616 e. The molecule has 0 radical (unpaired) electrons. The summed E-state index contributed by atoms with van der Waals surface area (Å²) in [5.74, 6) is 0. The molecule has 0 bridgehead atoms. The van der Waals surface area contributed by atoms with Crippen molar-refractivity contribution in [3.8, 4) is 33.4 Å². The zero-order valence-corrected chi connectivity index (χ0v) is 20.4. The molecule has 0 nitrogen and oxygen atoms in total. The van der Waals surface area contributed by atoms with E-state index in [9.17, 15) is 0 Å². The molecule has 0 unspecified atom stereocenters. The molecular weight excluding hydrogens is 432 g/mol.